The maximum absolute atomic E-state index is 14.2. The van der Waals surface area contributed by atoms with Crippen molar-refractivity contribution in [2.45, 2.75) is 77.1 Å². The summed E-state index contributed by atoms with van der Waals surface area (Å²) < 4.78 is 11.1. The Bertz CT molecular complexity index is 1340. The van der Waals surface area contributed by atoms with E-state index in [0.717, 1.165) is 0 Å². The summed E-state index contributed by atoms with van der Waals surface area (Å²) in [6.07, 6.45) is -2.14. The number of aliphatic hydroxyl groups is 1. The van der Waals surface area contributed by atoms with Gasteiger partial charge in [0.1, 0.15) is 11.9 Å². The first kappa shape index (κ1) is 29.5. The number of Topliss-reactive ketones (excluding diaryl/α,β-unsaturated/α-hetero) is 4. The first-order valence-corrected chi connectivity index (χ1v) is 13.3. The van der Waals surface area contributed by atoms with Crippen molar-refractivity contribution < 1.29 is 48.5 Å². The van der Waals surface area contributed by atoms with Gasteiger partial charge >= 0.3 is 5.97 Å². The molecule has 0 aromatic heterocycles. The van der Waals surface area contributed by atoms with Gasteiger partial charge in [-0.25, -0.2) is 0 Å². The van der Waals surface area contributed by atoms with Gasteiger partial charge in [0.2, 0.25) is 5.91 Å². The Labute approximate surface area is 231 Å². The molecule has 216 valence electrons. The van der Waals surface area contributed by atoms with Crippen LogP contribution in [0.25, 0.3) is 0 Å². The summed E-state index contributed by atoms with van der Waals surface area (Å²) in [7, 11) is 1.47. The van der Waals surface area contributed by atoms with Crippen LogP contribution >= 0.6 is 0 Å². The number of aromatic hydroxyl groups is 1. The zero-order valence-electron chi connectivity index (χ0n) is 23.4. The van der Waals surface area contributed by atoms with Crippen LogP contribution in [0.2, 0.25) is 0 Å². The van der Waals surface area contributed by atoms with E-state index < -0.39 is 88.1 Å². The standard InChI is InChI=1S/C29H35NO10/c1-7-16(32)40-24-14-9-15(31)19(27(30)37)25(35)29(14,38)26(36)21-18(24)11(2)17-12(10-39-6)8-13(28(3,4)5)22(33)20(17)23(21)34/h8,11,14,18-19,21,24,33,38H,7,9-10H2,1-6H3,(H2,30,37)/t11-,14+,18+,19?,21?,24+,29+/m0/s1. The Morgan fingerprint density at radius 2 is 1.77 bits per heavy atom. The highest BCUT2D eigenvalue weighted by Crippen LogP contribution is 2.56. The minimum Gasteiger partial charge on any atom is -0.507 e. The highest BCUT2D eigenvalue weighted by atomic mass is 16.5. The Hall–Kier alpha value is -3.44. The number of hydrogen-bond acceptors (Lipinski definition) is 10. The second kappa shape index (κ2) is 9.88. The Morgan fingerprint density at radius 3 is 2.30 bits per heavy atom. The van der Waals surface area contributed by atoms with Crippen LogP contribution in [-0.2, 0) is 45.5 Å². The van der Waals surface area contributed by atoms with Gasteiger partial charge in [-0.1, -0.05) is 34.6 Å². The highest BCUT2D eigenvalue weighted by molar-refractivity contribution is 6.31. The van der Waals surface area contributed by atoms with Gasteiger partial charge in [-0.3, -0.25) is 28.8 Å². The van der Waals surface area contributed by atoms with E-state index in [2.05, 4.69) is 0 Å². The summed E-state index contributed by atoms with van der Waals surface area (Å²) in [6.45, 7) is 8.80. The van der Waals surface area contributed by atoms with E-state index in [9.17, 15) is 39.0 Å². The molecule has 0 spiro atoms. The van der Waals surface area contributed by atoms with E-state index in [4.69, 9.17) is 15.2 Å². The summed E-state index contributed by atoms with van der Waals surface area (Å²) in [5.74, 6) is -13.9. The van der Waals surface area contributed by atoms with Gasteiger partial charge in [0.05, 0.1) is 18.1 Å². The fourth-order valence-electron chi connectivity index (χ4n) is 6.82. The Kier molecular flexibility index (Phi) is 7.30. The molecule has 40 heavy (non-hydrogen) atoms. The topological polar surface area (TPSA) is 187 Å². The van der Waals surface area contributed by atoms with Gasteiger partial charge in [-0.15, -0.1) is 0 Å². The molecule has 0 saturated heterocycles. The third-order valence-corrected chi connectivity index (χ3v) is 8.67. The molecule has 2 unspecified atom stereocenters. The maximum atomic E-state index is 14.2. The summed E-state index contributed by atoms with van der Waals surface area (Å²) in [5.41, 5.74) is 2.97. The molecule has 2 saturated carbocycles. The van der Waals surface area contributed by atoms with Crippen molar-refractivity contribution in [2.24, 2.45) is 29.4 Å². The number of carbonyl (C=O) groups excluding carboxylic acids is 6. The van der Waals surface area contributed by atoms with Crippen molar-refractivity contribution in [3.63, 3.8) is 0 Å². The molecule has 4 N–H and O–H groups in total. The van der Waals surface area contributed by atoms with Crippen LogP contribution in [-0.4, -0.2) is 64.0 Å². The zero-order chi connectivity index (χ0) is 30.1. The van der Waals surface area contributed by atoms with Crippen LogP contribution in [0.15, 0.2) is 6.07 Å². The molecule has 7 atom stereocenters. The third-order valence-electron chi connectivity index (χ3n) is 8.67. The zero-order valence-corrected chi connectivity index (χ0v) is 23.4. The predicted molar refractivity (Wildman–Crippen MR) is 138 cm³/mol. The number of phenolic OH excluding ortho intramolecular Hbond substituents is 1. The van der Waals surface area contributed by atoms with Crippen molar-refractivity contribution in [3.8, 4) is 5.75 Å². The van der Waals surface area contributed by atoms with Crippen molar-refractivity contribution in [1.82, 2.24) is 0 Å². The number of nitrogens with two attached hydrogens (primary N) is 1. The smallest absolute Gasteiger partial charge is 0.305 e. The molecule has 2 fully saturated rings. The average Bonchev–Trinajstić information content (AvgIpc) is 2.85. The van der Waals surface area contributed by atoms with Crippen LogP contribution in [0.3, 0.4) is 0 Å². The van der Waals surface area contributed by atoms with Gasteiger partial charge in [0.25, 0.3) is 0 Å². The molecule has 3 aliphatic carbocycles. The van der Waals surface area contributed by atoms with Crippen LogP contribution in [0.4, 0.5) is 0 Å². The lowest BCUT2D eigenvalue weighted by Crippen LogP contribution is -2.73. The molecule has 0 heterocycles. The second-order valence-electron chi connectivity index (χ2n) is 12.0. The number of benzene rings is 1. The maximum Gasteiger partial charge on any atom is 0.305 e. The largest absolute Gasteiger partial charge is 0.507 e. The number of primary amides is 1. The first-order chi connectivity index (χ1) is 18.5. The summed E-state index contributed by atoms with van der Waals surface area (Å²) in [6, 6.07) is 1.74. The molecule has 4 rings (SSSR count). The first-order valence-electron chi connectivity index (χ1n) is 13.3. The normalized spacial score (nSPS) is 31.8. The van der Waals surface area contributed by atoms with E-state index in [1.54, 1.807) is 13.0 Å². The lowest BCUT2D eigenvalue weighted by Gasteiger charge is -2.54. The molecular formula is C29H35NO10. The van der Waals surface area contributed by atoms with E-state index in [1.165, 1.54) is 14.0 Å². The van der Waals surface area contributed by atoms with Gasteiger partial charge < -0.3 is 25.4 Å². The van der Waals surface area contributed by atoms with Crippen LogP contribution in [0.5, 0.6) is 5.75 Å². The number of esters is 1. The Morgan fingerprint density at radius 1 is 1.15 bits per heavy atom. The minimum absolute atomic E-state index is 0.0681. The number of phenols is 1. The number of fused-ring (bicyclic) bond motifs is 3. The van der Waals surface area contributed by atoms with E-state index in [1.807, 2.05) is 20.8 Å². The van der Waals surface area contributed by atoms with E-state index >= 15 is 0 Å². The highest BCUT2D eigenvalue weighted by Gasteiger charge is 2.71. The van der Waals surface area contributed by atoms with Crippen LogP contribution in [0, 0.1) is 23.7 Å². The summed E-state index contributed by atoms with van der Waals surface area (Å²) in [5, 5.41) is 23.1. The predicted octanol–water partition coefficient (Wildman–Crippen LogP) is 1.26. The summed E-state index contributed by atoms with van der Waals surface area (Å²) in [4.78, 5) is 79.2. The van der Waals surface area contributed by atoms with Crippen LogP contribution in [0.1, 0.15) is 80.4 Å². The lowest BCUT2D eigenvalue weighted by molar-refractivity contribution is -0.198. The molecular weight excluding hydrogens is 522 g/mol. The molecule has 1 amide bonds. The average molecular weight is 558 g/mol. The molecule has 1 aromatic rings. The van der Waals surface area contributed by atoms with Gasteiger partial charge in [-0.05, 0) is 28.5 Å². The number of methoxy groups -OCH3 is 1. The van der Waals surface area contributed by atoms with Crippen molar-refractivity contribution in [1.29, 1.82) is 0 Å². The number of hydrogen-bond donors (Lipinski definition) is 3. The van der Waals surface area contributed by atoms with Gasteiger partial charge in [0.15, 0.2) is 34.7 Å². The lowest BCUT2D eigenvalue weighted by atomic mass is 9.50. The molecule has 0 bridgehead atoms. The monoisotopic (exact) mass is 557 g/mol. The molecule has 0 aliphatic heterocycles. The quantitative estimate of drug-likeness (QED) is 0.351. The minimum atomic E-state index is -2.98. The van der Waals surface area contributed by atoms with Crippen molar-refractivity contribution in [3.05, 3.63) is 28.3 Å². The van der Waals surface area contributed by atoms with Crippen molar-refractivity contribution >= 4 is 35.0 Å². The van der Waals surface area contributed by atoms with E-state index in [-0.39, 0.29) is 24.3 Å². The van der Waals surface area contributed by atoms with E-state index in [0.29, 0.717) is 16.7 Å². The summed E-state index contributed by atoms with van der Waals surface area (Å²) >= 11 is 0. The molecule has 0 radical (unpaired) electrons. The SMILES string of the molecule is CCC(=O)O[C@H]1[C@H]2C(C(=O)c3c(O)c(C(C)(C)C)cc(COC)c3[C@@H]2C)C(=O)[C@]2(O)C(=O)C(C(N)=O)C(=O)C[C@H]12. The second-order valence-corrected chi connectivity index (χ2v) is 12.0. The van der Waals surface area contributed by atoms with Gasteiger partial charge in [-0.2, -0.15) is 0 Å². The molecule has 11 nitrogen and oxygen atoms in total. The number of carbonyl (C=O) groups is 6. The number of rotatable bonds is 5. The fraction of sp³-hybridized carbons (Fsp3) is 0.586. The number of amides is 1. The van der Waals surface area contributed by atoms with Gasteiger partial charge in [0, 0.05) is 37.4 Å². The van der Waals surface area contributed by atoms with Crippen molar-refractivity contribution in [2.75, 3.05) is 7.11 Å². The molecule has 11 heteroatoms. The number of ketones is 4. The number of ether oxygens (including phenoxy) is 2. The third kappa shape index (κ3) is 4.09. The Balaban J connectivity index is 2.02. The van der Waals surface area contributed by atoms with Crippen LogP contribution < -0.4 is 5.73 Å². The molecule has 3 aliphatic rings. The molecule has 1 aromatic carbocycles. The fourth-order valence-corrected chi connectivity index (χ4v) is 6.82.